The van der Waals surface area contributed by atoms with Crippen molar-refractivity contribution in [1.82, 2.24) is 5.43 Å². The third-order valence-electron chi connectivity index (χ3n) is 3.43. The fraction of sp³-hybridized carbons (Fsp3) is 0. The molecule has 2 amide bonds. The van der Waals surface area contributed by atoms with E-state index in [1.165, 1.54) is 12.5 Å². The number of rotatable bonds is 5. The molecule has 0 spiro atoms. The maximum absolute atomic E-state index is 12.3. The molecule has 0 bridgehead atoms. The van der Waals surface area contributed by atoms with Crippen molar-refractivity contribution in [3.63, 3.8) is 0 Å². The molecular formula is C19H14ClN3O3. The van der Waals surface area contributed by atoms with E-state index in [4.69, 9.17) is 16.0 Å². The first kappa shape index (κ1) is 17.4. The standard InChI is InChI=1S/C19H14ClN3O3/c20-14-9-7-13(8-10-14)18(24)22-17-6-2-1-5-16(17)19(25)23-21-12-15-4-3-11-26-15/h1-12H,(H,22,24)(H,23,25)/b21-12-. The molecule has 26 heavy (non-hydrogen) atoms. The lowest BCUT2D eigenvalue weighted by Crippen LogP contribution is -2.21. The Balaban J connectivity index is 1.72. The van der Waals surface area contributed by atoms with Gasteiger partial charge in [-0.25, -0.2) is 5.43 Å². The zero-order valence-corrected chi connectivity index (χ0v) is 14.2. The highest BCUT2D eigenvalue weighted by Gasteiger charge is 2.13. The Morgan fingerprint density at radius 3 is 2.46 bits per heavy atom. The Morgan fingerprint density at radius 2 is 1.73 bits per heavy atom. The Hall–Kier alpha value is -3.38. The first-order valence-corrected chi connectivity index (χ1v) is 8.04. The van der Waals surface area contributed by atoms with Gasteiger partial charge in [-0.15, -0.1) is 0 Å². The summed E-state index contributed by atoms with van der Waals surface area (Å²) in [7, 11) is 0. The normalized spacial score (nSPS) is 10.7. The number of nitrogens with one attached hydrogen (secondary N) is 2. The largest absolute Gasteiger partial charge is 0.463 e. The van der Waals surface area contributed by atoms with Crippen LogP contribution < -0.4 is 10.7 Å². The van der Waals surface area contributed by atoms with Crippen molar-refractivity contribution in [3.05, 3.63) is 88.8 Å². The van der Waals surface area contributed by atoms with Crippen LogP contribution in [-0.4, -0.2) is 18.0 Å². The number of furan rings is 1. The fourth-order valence-electron chi connectivity index (χ4n) is 2.17. The summed E-state index contributed by atoms with van der Waals surface area (Å²) < 4.78 is 5.09. The second kappa shape index (κ2) is 8.13. The SMILES string of the molecule is O=C(Nc1ccccc1C(=O)N/N=C\c1ccco1)c1ccc(Cl)cc1. The number of carbonyl (C=O) groups excluding carboxylic acids is 2. The van der Waals surface area contributed by atoms with Crippen molar-refractivity contribution in [3.8, 4) is 0 Å². The predicted octanol–water partition coefficient (Wildman–Crippen LogP) is 3.95. The van der Waals surface area contributed by atoms with Crippen molar-refractivity contribution >= 4 is 35.3 Å². The minimum Gasteiger partial charge on any atom is -0.463 e. The summed E-state index contributed by atoms with van der Waals surface area (Å²) >= 11 is 5.82. The van der Waals surface area contributed by atoms with E-state index >= 15 is 0 Å². The number of halogens is 1. The highest BCUT2D eigenvalue weighted by atomic mass is 35.5. The van der Waals surface area contributed by atoms with Crippen LogP contribution in [0.1, 0.15) is 26.5 Å². The lowest BCUT2D eigenvalue weighted by Gasteiger charge is -2.10. The number of amides is 2. The lowest BCUT2D eigenvalue weighted by molar-refractivity contribution is 0.0956. The molecule has 7 heteroatoms. The average molecular weight is 368 g/mol. The number of carbonyl (C=O) groups is 2. The average Bonchev–Trinajstić information content (AvgIpc) is 3.16. The molecule has 0 saturated carbocycles. The Labute approximate surface area is 154 Å². The first-order valence-electron chi connectivity index (χ1n) is 7.66. The van der Waals surface area contributed by atoms with E-state index in [2.05, 4.69) is 15.8 Å². The number of hydrogen-bond donors (Lipinski definition) is 2. The summed E-state index contributed by atoms with van der Waals surface area (Å²) in [5.41, 5.74) is 3.49. The molecule has 0 unspecified atom stereocenters. The molecule has 0 aliphatic heterocycles. The van der Waals surface area contributed by atoms with E-state index in [0.717, 1.165) is 0 Å². The summed E-state index contributed by atoms with van der Waals surface area (Å²) in [5.74, 6) is -0.296. The monoisotopic (exact) mass is 367 g/mol. The van der Waals surface area contributed by atoms with E-state index in [1.54, 1.807) is 60.7 Å². The molecule has 2 aromatic carbocycles. The van der Waals surface area contributed by atoms with Crippen molar-refractivity contribution in [1.29, 1.82) is 0 Å². The van der Waals surface area contributed by atoms with Crippen LogP contribution in [0.4, 0.5) is 5.69 Å². The van der Waals surface area contributed by atoms with Crippen LogP contribution in [0.25, 0.3) is 0 Å². The van der Waals surface area contributed by atoms with Gasteiger partial charge in [-0.2, -0.15) is 5.10 Å². The smallest absolute Gasteiger partial charge is 0.273 e. The number of hydrazone groups is 1. The number of anilines is 1. The molecule has 3 aromatic rings. The molecule has 3 rings (SSSR count). The van der Waals surface area contributed by atoms with Gasteiger partial charge in [0.2, 0.25) is 0 Å². The predicted molar refractivity (Wildman–Crippen MR) is 99.6 cm³/mol. The van der Waals surface area contributed by atoms with Crippen LogP contribution in [0, 0.1) is 0 Å². The molecule has 0 atom stereocenters. The van der Waals surface area contributed by atoms with Gasteiger partial charge in [-0.1, -0.05) is 23.7 Å². The van der Waals surface area contributed by atoms with E-state index in [0.29, 0.717) is 22.0 Å². The molecule has 0 radical (unpaired) electrons. The minimum atomic E-state index is -0.459. The van der Waals surface area contributed by atoms with Crippen LogP contribution in [0.3, 0.4) is 0 Å². The lowest BCUT2D eigenvalue weighted by atomic mass is 10.1. The quantitative estimate of drug-likeness (QED) is 0.529. The Bertz CT molecular complexity index is 935. The van der Waals surface area contributed by atoms with Gasteiger partial charge in [0.15, 0.2) is 0 Å². The second-order valence-electron chi connectivity index (χ2n) is 5.22. The third-order valence-corrected chi connectivity index (χ3v) is 3.68. The molecule has 6 nitrogen and oxygen atoms in total. The summed E-state index contributed by atoms with van der Waals surface area (Å²) in [6.45, 7) is 0. The van der Waals surface area contributed by atoms with E-state index in [-0.39, 0.29) is 11.5 Å². The van der Waals surface area contributed by atoms with Gasteiger partial charge in [-0.05, 0) is 48.5 Å². The van der Waals surface area contributed by atoms with Gasteiger partial charge in [0.05, 0.1) is 23.7 Å². The molecule has 0 fully saturated rings. The second-order valence-corrected chi connectivity index (χ2v) is 5.66. The molecule has 0 saturated heterocycles. The Kier molecular flexibility index (Phi) is 5.46. The van der Waals surface area contributed by atoms with Gasteiger partial charge >= 0.3 is 0 Å². The zero-order chi connectivity index (χ0) is 18.4. The van der Waals surface area contributed by atoms with Crippen molar-refractivity contribution in [2.75, 3.05) is 5.32 Å². The molecule has 2 N–H and O–H groups in total. The zero-order valence-electron chi connectivity index (χ0n) is 13.5. The maximum Gasteiger partial charge on any atom is 0.273 e. The van der Waals surface area contributed by atoms with E-state index in [9.17, 15) is 9.59 Å². The van der Waals surface area contributed by atoms with Gasteiger partial charge in [0.25, 0.3) is 11.8 Å². The molecule has 1 heterocycles. The third kappa shape index (κ3) is 4.37. The van der Waals surface area contributed by atoms with Gasteiger partial charge in [0.1, 0.15) is 5.76 Å². The number of hydrogen-bond acceptors (Lipinski definition) is 4. The van der Waals surface area contributed by atoms with Crippen molar-refractivity contribution < 1.29 is 14.0 Å². The van der Waals surface area contributed by atoms with E-state index < -0.39 is 5.91 Å². The van der Waals surface area contributed by atoms with E-state index in [1.807, 2.05) is 0 Å². The van der Waals surface area contributed by atoms with Crippen molar-refractivity contribution in [2.24, 2.45) is 5.10 Å². The highest BCUT2D eigenvalue weighted by Crippen LogP contribution is 2.17. The van der Waals surface area contributed by atoms with Crippen LogP contribution in [0.5, 0.6) is 0 Å². The number of nitrogens with zero attached hydrogens (tertiary/aromatic N) is 1. The van der Waals surface area contributed by atoms with Crippen LogP contribution >= 0.6 is 11.6 Å². The summed E-state index contributed by atoms with van der Waals surface area (Å²) in [4.78, 5) is 24.7. The molecule has 130 valence electrons. The van der Waals surface area contributed by atoms with Crippen LogP contribution in [-0.2, 0) is 0 Å². The molecule has 0 aliphatic rings. The minimum absolute atomic E-state index is 0.284. The number of para-hydroxylation sites is 1. The molecule has 0 aliphatic carbocycles. The summed E-state index contributed by atoms with van der Waals surface area (Å²) in [5, 5.41) is 7.09. The topological polar surface area (TPSA) is 83.7 Å². The van der Waals surface area contributed by atoms with Crippen molar-refractivity contribution in [2.45, 2.75) is 0 Å². The van der Waals surface area contributed by atoms with Gasteiger partial charge in [0, 0.05) is 10.6 Å². The summed E-state index contributed by atoms with van der Waals surface area (Å²) in [6.07, 6.45) is 2.89. The van der Waals surface area contributed by atoms with Crippen LogP contribution in [0.15, 0.2) is 76.4 Å². The molecular weight excluding hydrogens is 354 g/mol. The Morgan fingerprint density at radius 1 is 0.962 bits per heavy atom. The number of benzene rings is 2. The molecule has 1 aromatic heterocycles. The maximum atomic E-state index is 12.3. The van der Waals surface area contributed by atoms with Gasteiger partial charge in [-0.3, -0.25) is 9.59 Å². The van der Waals surface area contributed by atoms with Crippen LogP contribution in [0.2, 0.25) is 5.02 Å². The first-order chi connectivity index (χ1) is 12.6. The fourth-order valence-corrected chi connectivity index (χ4v) is 2.29. The summed E-state index contributed by atoms with van der Waals surface area (Å²) in [6, 6.07) is 16.5. The highest BCUT2D eigenvalue weighted by molar-refractivity contribution is 6.30. The van der Waals surface area contributed by atoms with Gasteiger partial charge < -0.3 is 9.73 Å².